The van der Waals surface area contributed by atoms with E-state index in [-0.39, 0.29) is 0 Å². The zero-order chi connectivity index (χ0) is 10.3. The molecule has 0 aliphatic carbocycles. The molecule has 1 aromatic carbocycles. The molecule has 0 amide bonds. The van der Waals surface area contributed by atoms with Gasteiger partial charge in [0.05, 0.1) is 0 Å². The maximum absolute atomic E-state index is 5.99. The van der Waals surface area contributed by atoms with E-state index in [4.69, 9.17) is 16.3 Å². The lowest BCUT2D eigenvalue weighted by Gasteiger charge is -2.33. The highest BCUT2D eigenvalue weighted by molar-refractivity contribution is 6.30. The maximum Gasteiger partial charge on any atom is 0.0475 e. The predicted molar refractivity (Wildman–Crippen MR) is 61.7 cm³/mol. The number of rotatable bonds is 0. The van der Waals surface area contributed by atoms with Gasteiger partial charge in [-0.25, -0.2) is 0 Å². The SMILES string of the molecule is Clc1ccc2c(c1)NCC21CCOCC1. The van der Waals surface area contributed by atoms with E-state index in [0.29, 0.717) is 5.41 Å². The molecule has 2 aliphatic rings. The Hall–Kier alpha value is -0.730. The molecule has 0 aromatic heterocycles. The van der Waals surface area contributed by atoms with Gasteiger partial charge in [-0.2, -0.15) is 0 Å². The third-order valence-electron chi connectivity index (χ3n) is 3.62. The van der Waals surface area contributed by atoms with Gasteiger partial charge >= 0.3 is 0 Å². The molecule has 0 unspecified atom stereocenters. The second kappa shape index (κ2) is 3.39. The van der Waals surface area contributed by atoms with Crippen molar-refractivity contribution in [2.45, 2.75) is 18.3 Å². The molecule has 0 saturated carbocycles. The number of hydrogen-bond acceptors (Lipinski definition) is 2. The largest absolute Gasteiger partial charge is 0.384 e. The minimum Gasteiger partial charge on any atom is -0.384 e. The summed E-state index contributed by atoms with van der Waals surface area (Å²) in [4.78, 5) is 0. The van der Waals surface area contributed by atoms with Crippen LogP contribution in [0.15, 0.2) is 18.2 Å². The topological polar surface area (TPSA) is 21.3 Å². The van der Waals surface area contributed by atoms with Gasteiger partial charge in [-0.3, -0.25) is 0 Å². The third kappa shape index (κ3) is 1.44. The number of nitrogens with one attached hydrogen (secondary N) is 1. The van der Waals surface area contributed by atoms with E-state index in [1.807, 2.05) is 12.1 Å². The fraction of sp³-hybridized carbons (Fsp3) is 0.500. The first kappa shape index (κ1) is 9.49. The van der Waals surface area contributed by atoms with Crippen molar-refractivity contribution in [2.24, 2.45) is 0 Å². The Morgan fingerprint density at radius 3 is 2.87 bits per heavy atom. The first-order chi connectivity index (χ1) is 7.30. The molecule has 1 N–H and O–H groups in total. The summed E-state index contributed by atoms with van der Waals surface area (Å²) < 4.78 is 5.44. The van der Waals surface area contributed by atoms with Gasteiger partial charge in [0.15, 0.2) is 0 Å². The van der Waals surface area contributed by atoms with Gasteiger partial charge < -0.3 is 10.1 Å². The quantitative estimate of drug-likeness (QED) is 0.730. The van der Waals surface area contributed by atoms with Crippen LogP contribution in [-0.4, -0.2) is 19.8 Å². The molecule has 2 nitrogen and oxygen atoms in total. The maximum atomic E-state index is 5.99. The van der Waals surface area contributed by atoms with Crippen molar-refractivity contribution in [1.82, 2.24) is 0 Å². The fourth-order valence-electron chi connectivity index (χ4n) is 2.69. The minimum atomic E-state index is 0.304. The van der Waals surface area contributed by atoms with Crippen molar-refractivity contribution in [3.05, 3.63) is 28.8 Å². The summed E-state index contributed by atoms with van der Waals surface area (Å²) in [7, 11) is 0. The first-order valence-electron chi connectivity index (χ1n) is 5.42. The summed E-state index contributed by atoms with van der Waals surface area (Å²) in [5.41, 5.74) is 2.94. The second-order valence-corrected chi connectivity index (χ2v) is 4.87. The fourth-order valence-corrected chi connectivity index (χ4v) is 2.87. The number of ether oxygens (including phenoxy) is 1. The van der Waals surface area contributed by atoms with Crippen molar-refractivity contribution in [2.75, 3.05) is 25.1 Å². The molecule has 2 aliphatic heterocycles. The van der Waals surface area contributed by atoms with E-state index in [0.717, 1.165) is 37.6 Å². The highest BCUT2D eigenvalue weighted by Gasteiger charge is 2.39. The Bertz CT molecular complexity index is 385. The Kier molecular flexibility index (Phi) is 2.15. The summed E-state index contributed by atoms with van der Waals surface area (Å²) in [5.74, 6) is 0. The van der Waals surface area contributed by atoms with Crippen LogP contribution in [0.25, 0.3) is 0 Å². The summed E-state index contributed by atoms with van der Waals surface area (Å²) in [5, 5.41) is 4.27. The predicted octanol–water partition coefficient (Wildman–Crippen LogP) is 2.81. The number of fused-ring (bicyclic) bond motifs is 2. The van der Waals surface area contributed by atoms with E-state index < -0.39 is 0 Å². The van der Waals surface area contributed by atoms with Crippen molar-refractivity contribution in [1.29, 1.82) is 0 Å². The zero-order valence-electron chi connectivity index (χ0n) is 8.55. The van der Waals surface area contributed by atoms with Gasteiger partial charge in [-0.15, -0.1) is 0 Å². The van der Waals surface area contributed by atoms with Crippen LogP contribution in [0.4, 0.5) is 5.69 Å². The molecule has 2 heterocycles. The van der Waals surface area contributed by atoms with E-state index in [9.17, 15) is 0 Å². The van der Waals surface area contributed by atoms with Gasteiger partial charge in [-0.1, -0.05) is 17.7 Å². The number of halogens is 1. The molecule has 1 fully saturated rings. The van der Waals surface area contributed by atoms with Gasteiger partial charge in [0.25, 0.3) is 0 Å². The summed E-state index contributed by atoms with van der Waals surface area (Å²) >= 11 is 5.99. The standard InChI is InChI=1S/C12H14ClNO/c13-9-1-2-10-11(7-9)14-8-12(10)3-5-15-6-4-12/h1-2,7,14H,3-6,8H2. The molecule has 15 heavy (non-hydrogen) atoms. The summed E-state index contributed by atoms with van der Waals surface area (Å²) in [6.07, 6.45) is 2.24. The molecule has 1 spiro atoms. The van der Waals surface area contributed by atoms with E-state index in [1.165, 1.54) is 11.3 Å². The second-order valence-electron chi connectivity index (χ2n) is 4.44. The lowest BCUT2D eigenvalue weighted by Crippen LogP contribution is -2.35. The molecule has 0 atom stereocenters. The zero-order valence-corrected chi connectivity index (χ0v) is 9.31. The van der Waals surface area contributed by atoms with Crippen molar-refractivity contribution in [3.63, 3.8) is 0 Å². The molecule has 0 radical (unpaired) electrons. The third-order valence-corrected chi connectivity index (χ3v) is 3.86. The Morgan fingerprint density at radius 1 is 1.27 bits per heavy atom. The van der Waals surface area contributed by atoms with Crippen LogP contribution in [0.5, 0.6) is 0 Å². The van der Waals surface area contributed by atoms with E-state index in [2.05, 4.69) is 11.4 Å². The minimum absolute atomic E-state index is 0.304. The highest BCUT2D eigenvalue weighted by atomic mass is 35.5. The molecule has 0 bridgehead atoms. The first-order valence-corrected chi connectivity index (χ1v) is 5.80. The molecular formula is C12H14ClNO. The number of benzene rings is 1. The van der Waals surface area contributed by atoms with Crippen LogP contribution >= 0.6 is 11.6 Å². The van der Waals surface area contributed by atoms with Crippen LogP contribution in [0, 0.1) is 0 Å². The summed E-state index contributed by atoms with van der Waals surface area (Å²) in [6.45, 7) is 2.79. The van der Waals surface area contributed by atoms with Crippen LogP contribution in [-0.2, 0) is 10.2 Å². The normalized spacial score (nSPS) is 22.5. The summed E-state index contributed by atoms with van der Waals surface area (Å²) in [6, 6.07) is 6.19. The van der Waals surface area contributed by atoms with Crippen molar-refractivity contribution < 1.29 is 4.74 Å². The Labute approximate surface area is 94.6 Å². The van der Waals surface area contributed by atoms with Gasteiger partial charge in [-0.05, 0) is 30.5 Å². The number of hydrogen-bond donors (Lipinski definition) is 1. The average Bonchev–Trinajstić information content (AvgIpc) is 2.58. The van der Waals surface area contributed by atoms with Crippen LogP contribution in [0.2, 0.25) is 5.02 Å². The smallest absolute Gasteiger partial charge is 0.0475 e. The van der Waals surface area contributed by atoms with Gasteiger partial charge in [0.2, 0.25) is 0 Å². The van der Waals surface area contributed by atoms with Crippen molar-refractivity contribution in [3.8, 4) is 0 Å². The highest BCUT2D eigenvalue weighted by Crippen LogP contribution is 2.44. The van der Waals surface area contributed by atoms with Crippen LogP contribution in [0.1, 0.15) is 18.4 Å². The molecule has 1 aromatic rings. The van der Waals surface area contributed by atoms with Gasteiger partial charge in [0.1, 0.15) is 0 Å². The van der Waals surface area contributed by atoms with Crippen LogP contribution in [0.3, 0.4) is 0 Å². The van der Waals surface area contributed by atoms with Crippen LogP contribution < -0.4 is 5.32 Å². The average molecular weight is 224 g/mol. The molecule has 3 heteroatoms. The Morgan fingerprint density at radius 2 is 2.07 bits per heavy atom. The van der Waals surface area contributed by atoms with Crippen molar-refractivity contribution >= 4 is 17.3 Å². The van der Waals surface area contributed by atoms with Gasteiger partial charge in [0, 0.05) is 35.9 Å². The monoisotopic (exact) mass is 223 g/mol. The molecule has 3 rings (SSSR count). The van der Waals surface area contributed by atoms with E-state index >= 15 is 0 Å². The Balaban J connectivity index is 2.03. The molecular weight excluding hydrogens is 210 g/mol. The van der Waals surface area contributed by atoms with E-state index in [1.54, 1.807) is 0 Å². The molecule has 1 saturated heterocycles. The number of anilines is 1. The lowest BCUT2D eigenvalue weighted by atomic mass is 9.76. The lowest BCUT2D eigenvalue weighted by molar-refractivity contribution is 0.0567. The molecule has 80 valence electrons.